The van der Waals surface area contributed by atoms with Gasteiger partial charge in [-0.2, -0.15) is 0 Å². The SMILES string of the molecule is C[C@@H]1CN(Cc2c(F)cccc2F)CC2(CCOCC2)O1. The van der Waals surface area contributed by atoms with Crippen LogP contribution in [0.25, 0.3) is 0 Å². The zero-order valence-electron chi connectivity index (χ0n) is 12.3. The Morgan fingerprint density at radius 2 is 1.90 bits per heavy atom. The molecule has 2 saturated heterocycles. The van der Waals surface area contributed by atoms with Crippen LogP contribution in [0.15, 0.2) is 18.2 Å². The van der Waals surface area contributed by atoms with Crippen molar-refractivity contribution in [1.82, 2.24) is 4.90 Å². The van der Waals surface area contributed by atoms with Crippen molar-refractivity contribution in [3.05, 3.63) is 35.4 Å². The summed E-state index contributed by atoms with van der Waals surface area (Å²) in [5, 5.41) is 0. The van der Waals surface area contributed by atoms with Crippen LogP contribution in [0.3, 0.4) is 0 Å². The van der Waals surface area contributed by atoms with Gasteiger partial charge in [0, 0.05) is 51.3 Å². The molecular weight excluding hydrogens is 276 g/mol. The summed E-state index contributed by atoms with van der Waals surface area (Å²) >= 11 is 0. The third-order valence-corrected chi connectivity index (χ3v) is 4.33. The summed E-state index contributed by atoms with van der Waals surface area (Å²) < 4.78 is 39.2. The molecule has 116 valence electrons. The Kier molecular flexibility index (Phi) is 4.24. The van der Waals surface area contributed by atoms with Crippen molar-refractivity contribution >= 4 is 0 Å². The van der Waals surface area contributed by atoms with Crippen LogP contribution in [-0.4, -0.2) is 42.9 Å². The summed E-state index contributed by atoms with van der Waals surface area (Å²) in [7, 11) is 0. The van der Waals surface area contributed by atoms with E-state index in [1.807, 2.05) is 6.92 Å². The summed E-state index contributed by atoms with van der Waals surface area (Å²) in [6.07, 6.45) is 1.74. The standard InChI is InChI=1S/C16H21F2NO2/c1-12-9-19(10-13-14(17)3-2-4-15(13)18)11-16(21-12)5-7-20-8-6-16/h2-4,12H,5-11H2,1H3/t12-/m1/s1. The first-order valence-corrected chi connectivity index (χ1v) is 7.49. The van der Waals surface area contributed by atoms with Gasteiger partial charge in [-0.15, -0.1) is 0 Å². The van der Waals surface area contributed by atoms with E-state index in [4.69, 9.17) is 9.47 Å². The molecule has 2 aliphatic rings. The van der Waals surface area contributed by atoms with Crippen molar-refractivity contribution in [1.29, 1.82) is 0 Å². The van der Waals surface area contributed by atoms with Crippen molar-refractivity contribution in [2.24, 2.45) is 0 Å². The van der Waals surface area contributed by atoms with E-state index < -0.39 is 11.6 Å². The normalized spacial score (nSPS) is 26.1. The molecule has 21 heavy (non-hydrogen) atoms. The van der Waals surface area contributed by atoms with Gasteiger partial charge >= 0.3 is 0 Å². The first-order chi connectivity index (χ1) is 10.1. The van der Waals surface area contributed by atoms with Gasteiger partial charge in [0.15, 0.2) is 0 Å². The van der Waals surface area contributed by atoms with Gasteiger partial charge in [-0.1, -0.05) is 6.07 Å². The summed E-state index contributed by atoms with van der Waals surface area (Å²) in [6.45, 7) is 5.07. The second-order valence-corrected chi connectivity index (χ2v) is 6.09. The summed E-state index contributed by atoms with van der Waals surface area (Å²) in [5.74, 6) is -0.953. The molecule has 0 aliphatic carbocycles. The quantitative estimate of drug-likeness (QED) is 0.838. The molecular formula is C16H21F2NO2. The predicted octanol–water partition coefficient (Wildman–Crippen LogP) is 2.73. The molecule has 0 bridgehead atoms. The van der Waals surface area contributed by atoms with Crippen LogP contribution in [0.5, 0.6) is 0 Å². The summed E-state index contributed by atoms with van der Waals surface area (Å²) in [5.41, 5.74) is -0.0775. The lowest BCUT2D eigenvalue weighted by Crippen LogP contribution is -2.56. The average molecular weight is 297 g/mol. The Labute approximate surface area is 123 Å². The Balaban J connectivity index is 1.75. The molecule has 3 rings (SSSR count). The van der Waals surface area contributed by atoms with Crippen LogP contribution >= 0.6 is 0 Å². The van der Waals surface area contributed by atoms with Crippen LogP contribution in [0.1, 0.15) is 25.3 Å². The smallest absolute Gasteiger partial charge is 0.130 e. The van der Waals surface area contributed by atoms with E-state index in [9.17, 15) is 8.78 Å². The van der Waals surface area contributed by atoms with Crippen molar-refractivity contribution in [3.63, 3.8) is 0 Å². The fourth-order valence-corrected chi connectivity index (χ4v) is 3.38. The van der Waals surface area contributed by atoms with Gasteiger partial charge < -0.3 is 9.47 Å². The molecule has 1 aromatic rings. The number of nitrogens with zero attached hydrogens (tertiary/aromatic N) is 1. The molecule has 0 aromatic heterocycles. The Morgan fingerprint density at radius 3 is 2.57 bits per heavy atom. The molecule has 0 radical (unpaired) electrons. The van der Waals surface area contributed by atoms with E-state index in [0.29, 0.717) is 26.3 Å². The monoisotopic (exact) mass is 297 g/mol. The molecule has 2 aliphatic heterocycles. The highest BCUT2D eigenvalue weighted by Crippen LogP contribution is 2.32. The summed E-state index contributed by atoms with van der Waals surface area (Å²) in [6, 6.07) is 4.02. The second kappa shape index (κ2) is 5.99. The predicted molar refractivity (Wildman–Crippen MR) is 75.0 cm³/mol. The fraction of sp³-hybridized carbons (Fsp3) is 0.625. The number of halogens is 2. The fourth-order valence-electron chi connectivity index (χ4n) is 3.38. The Bertz CT molecular complexity index is 483. The van der Waals surface area contributed by atoms with Gasteiger partial charge in [-0.25, -0.2) is 8.78 Å². The molecule has 0 unspecified atom stereocenters. The van der Waals surface area contributed by atoms with Gasteiger partial charge in [0.05, 0.1) is 11.7 Å². The summed E-state index contributed by atoms with van der Waals surface area (Å²) in [4.78, 5) is 2.10. The van der Waals surface area contributed by atoms with Gasteiger partial charge in [-0.3, -0.25) is 4.90 Å². The molecule has 0 amide bonds. The first-order valence-electron chi connectivity index (χ1n) is 7.49. The van der Waals surface area contributed by atoms with Crippen LogP contribution in [0.4, 0.5) is 8.78 Å². The lowest BCUT2D eigenvalue weighted by Gasteiger charge is -2.47. The van der Waals surface area contributed by atoms with Gasteiger partial charge in [0.1, 0.15) is 11.6 Å². The maximum Gasteiger partial charge on any atom is 0.130 e. The third kappa shape index (κ3) is 3.25. The third-order valence-electron chi connectivity index (χ3n) is 4.33. The second-order valence-electron chi connectivity index (χ2n) is 6.09. The molecule has 2 heterocycles. The zero-order valence-corrected chi connectivity index (χ0v) is 12.3. The van der Waals surface area contributed by atoms with Gasteiger partial charge in [0.2, 0.25) is 0 Å². The van der Waals surface area contributed by atoms with Crippen LogP contribution in [-0.2, 0) is 16.0 Å². The van der Waals surface area contributed by atoms with E-state index in [1.54, 1.807) is 0 Å². The number of hydrogen-bond acceptors (Lipinski definition) is 3. The number of ether oxygens (including phenoxy) is 2. The highest BCUT2D eigenvalue weighted by Gasteiger charge is 2.40. The van der Waals surface area contributed by atoms with Gasteiger partial charge in [0.25, 0.3) is 0 Å². The molecule has 1 spiro atoms. The highest BCUT2D eigenvalue weighted by atomic mass is 19.1. The largest absolute Gasteiger partial charge is 0.381 e. The van der Waals surface area contributed by atoms with Crippen LogP contribution in [0, 0.1) is 11.6 Å². The van der Waals surface area contributed by atoms with Crippen molar-refractivity contribution in [3.8, 4) is 0 Å². The topological polar surface area (TPSA) is 21.7 Å². The van der Waals surface area contributed by atoms with Crippen molar-refractivity contribution in [2.45, 2.75) is 38.0 Å². The molecule has 0 N–H and O–H groups in total. The van der Waals surface area contributed by atoms with Crippen LogP contribution in [0.2, 0.25) is 0 Å². The number of morpholine rings is 1. The molecule has 1 aromatic carbocycles. The molecule has 1 atom stereocenters. The minimum Gasteiger partial charge on any atom is -0.381 e. The Hall–Kier alpha value is -1.04. The highest BCUT2D eigenvalue weighted by molar-refractivity contribution is 5.19. The maximum absolute atomic E-state index is 13.8. The number of hydrogen-bond donors (Lipinski definition) is 0. The van der Waals surface area contributed by atoms with Crippen molar-refractivity contribution < 1.29 is 18.3 Å². The Morgan fingerprint density at radius 1 is 1.24 bits per heavy atom. The zero-order chi connectivity index (χ0) is 14.9. The number of benzene rings is 1. The van der Waals surface area contributed by atoms with E-state index in [2.05, 4.69) is 4.90 Å². The van der Waals surface area contributed by atoms with Crippen molar-refractivity contribution in [2.75, 3.05) is 26.3 Å². The minimum absolute atomic E-state index is 0.0617. The van der Waals surface area contributed by atoms with Crippen LogP contribution < -0.4 is 0 Å². The van der Waals surface area contributed by atoms with E-state index in [0.717, 1.165) is 12.8 Å². The average Bonchev–Trinajstić information content (AvgIpc) is 2.43. The van der Waals surface area contributed by atoms with E-state index >= 15 is 0 Å². The molecule has 3 nitrogen and oxygen atoms in total. The number of rotatable bonds is 2. The lowest BCUT2D eigenvalue weighted by atomic mass is 9.91. The first kappa shape index (κ1) is 14.9. The maximum atomic E-state index is 13.8. The minimum atomic E-state index is -0.477. The molecule has 2 fully saturated rings. The molecule has 0 saturated carbocycles. The van der Waals surface area contributed by atoms with E-state index in [-0.39, 0.29) is 23.8 Å². The lowest BCUT2D eigenvalue weighted by molar-refractivity contribution is -0.185. The van der Waals surface area contributed by atoms with E-state index in [1.165, 1.54) is 18.2 Å². The van der Waals surface area contributed by atoms with Gasteiger partial charge in [-0.05, 0) is 19.1 Å². The molecule has 5 heteroatoms.